The van der Waals surface area contributed by atoms with Crippen LogP contribution >= 0.6 is 23.2 Å². The first-order valence-corrected chi connectivity index (χ1v) is 8.04. The van der Waals surface area contributed by atoms with Gasteiger partial charge in [0.2, 0.25) is 0 Å². The molecule has 1 aromatic heterocycles. The Morgan fingerprint density at radius 1 is 1.17 bits per heavy atom. The van der Waals surface area contributed by atoms with Crippen molar-refractivity contribution in [1.29, 1.82) is 0 Å². The molecule has 3 rings (SSSR count). The lowest BCUT2D eigenvalue weighted by Gasteiger charge is -2.13. The van der Waals surface area contributed by atoms with Crippen molar-refractivity contribution in [1.82, 2.24) is 0 Å². The van der Waals surface area contributed by atoms with Crippen molar-refractivity contribution in [3.05, 3.63) is 68.0 Å². The molecule has 0 unspecified atom stereocenters. The van der Waals surface area contributed by atoms with Crippen molar-refractivity contribution in [3.63, 3.8) is 0 Å². The molecule has 0 aliphatic carbocycles. The summed E-state index contributed by atoms with van der Waals surface area (Å²) in [4.78, 5) is 11.8. The molecule has 0 amide bonds. The van der Waals surface area contributed by atoms with Crippen LogP contribution in [0, 0.1) is 6.92 Å². The van der Waals surface area contributed by atoms with E-state index in [-0.39, 0.29) is 0 Å². The van der Waals surface area contributed by atoms with Crippen LogP contribution in [0.2, 0.25) is 10.0 Å². The van der Waals surface area contributed by atoms with Crippen LogP contribution in [-0.4, -0.2) is 7.11 Å². The Labute approximate surface area is 149 Å². The summed E-state index contributed by atoms with van der Waals surface area (Å²) in [6, 6.07) is 10.3. The fraction of sp³-hybridized carbons (Fsp3) is 0.167. The Kier molecular flexibility index (Phi) is 4.69. The molecule has 0 aliphatic heterocycles. The smallest absolute Gasteiger partial charge is 0.336 e. The predicted octanol–water partition coefficient (Wildman–Crippen LogP) is 5.03. The average molecular weight is 364 g/mol. The van der Waals surface area contributed by atoms with Crippen molar-refractivity contribution in [2.45, 2.75) is 13.5 Å². The van der Waals surface area contributed by atoms with E-state index in [0.29, 0.717) is 27.9 Å². The number of hydrogen-bond acceptors (Lipinski definition) is 4. The third kappa shape index (κ3) is 3.35. The van der Waals surface area contributed by atoms with E-state index in [1.807, 2.05) is 6.92 Å². The van der Waals surface area contributed by atoms with Crippen molar-refractivity contribution in [3.8, 4) is 5.75 Å². The summed E-state index contributed by atoms with van der Waals surface area (Å²) < 4.78 is 10.6. The standard InChI is InChI=1S/C18H15Cl2NO3/c1-10-5-17-13(8-14(10)20)11(6-18(22)24-17)9-21-15-7-12(19)3-4-16(15)23-2/h3-8,21H,9H2,1-2H3. The number of nitrogens with one attached hydrogen (secondary N) is 1. The van der Waals surface area contributed by atoms with Gasteiger partial charge < -0.3 is 14.5 Å². The minimum Gasteiger partial charge on any atom is -0.495 e. The van der Waals surface area contributed by atoms with E-state index in [4.69, 9.17) is 32.4 Å². The highest BCUT2D eigenvalue weighted by Crippen LogP contribution is 2.29. The molecule has 0 spiro atoms. The first kappa shape index (κ1) is 16.7. The molecule has 0 saturated heterocycles. The molecule has 1 N–H and O–H groups in total. The summed E-state index contributed by atoms with van der Waals surface area (Å²) in [5.74, 6) is 0.667. The maximum atomic E-state index is 11.8. The van der Waals surface area contributed by atoms with Crippen molar-refractivity contribution in [2.75, 3.05) is 12.4 Å². The highest BCUT2D eigenvalue weighted by molar-refractivity contribution is 6.32. The van der Waals surface area contributed by atoms with Gasteiger partial charge in [-0.3, -0.25) is 0 Å². The Balaban J connectivity index is 2.00. The van der Waals surface area contributed by atoms with Crippen LogP contribution in [0.3, 0.4) is 0 Å². The topological polar surface area (TPSA) is 51.5 Å². The zero-order valence-corrected chi connectivity index (χ0v) is 14.7. The van der Waals surface area contributed by atoms with Gasteiger partial charge >= 0.3 is 5.63 Å². The van der Waals surface area contributed by atoms with Crippen LogP contribution in [-0.2, 0) is 6.54 Å². The van der Waals surface area contributed by atoms with Gasteiger partial charge in [0.15, 0.2) is 0 Å². The quantitative estimate of drug-likeness (QED) is 0.660. The number of aryl methyl sites for hydroxylation is 1. The zero-order valence-electron chi connectivity index (χ0n) is 13.2. The Morgan fingerprint density at radius 3 is 2.71 bits per heavy atom. The summed E-state index contributed by atoms with van der Waals surface area (Å²) >= 11 is 12.2. The Hall–Kier alpha value is -2.17. The molecule has 1 heterocycles. The number of anilines is 1. The van der Waals surface area contributed by atoms with Gasteiger partial charge in [0, 0.05) is 28.0 Å². The zero-order chi connectivity index (χ0) is 17.3. The van der Waals surface area contributed by atoms with Crippen LogP contribution in [0.4, 0.5) is 5.69 Å². The van der Waals surface area contributed by atoms with Crippen molar-refractivity contribution < 1.29 is 9.15 Å². The average Bonchev–Trinajstić information content (AvgIpc) is 2.54. The molecule has 0 bridgehead atoms. The minimum atomic E-state index is -0.404. The van der Waals surface area contributed by atoms with Crippen LogP contribution in [0.1, 0.15) is 11.1 Å². The molecular weight excluding hydrogens is 349 g/mol. The molecule has 0 saturated carbocycles. The van der Waals surface area contributed by atoms with E-state index in [1.165, 1.54) is 6.07 Å². The van der Waals surface area contributed by atoms with Crippen molar-refractivity contribution >= 4 is 39.9 Å². The number of halogens is 2. The van der Waals surface area contributed by atoms with E-state index in [9.17, 15) is 4.79 Å². The number of rotatable bonds is 4. The third-order valence-corrected chi connectivity index (χ3v) is 4.38. The second kappa shape index (κ2) is 6.75. The lowest BCUT2D eigenvalue weighted by Crippen LogP contribution is -2.06. The molecule has 6 heteroatoms. The van der Waals surface area contributed by atoms with E-state index in [0.717, 1.165) is 22.2 Å². The molecule has 3 aromatic rings. The van der Waals surface area contributed by atoms with E-state index < -0.39 is 5.63 Å². The maximum absolute atomic E-state index is 11.8. The summed E-state index contributed by atoms with van der Waals surface area (Å²) in [5, 5.41) is 5.25. The summed E-state index contributed by atoms with van der Waals surface area (Å²) in [6.07, 6.45) is 0. The van der Waals surface area contributed by atoms with Gasteiger partial charge in [0.1, 0.15) is 11.3 Å². The van der Waals surface area contributed by atoms with E-state index >= 15 is 0 Å². The molecule has 0 atom stereocenters. The lowest BCUT2D eigenvalue weighted by molar-refractivity contribution is 0.416. The molecule has 4 nitrogen and oxygen atoms in total. The molecule has 124 valence electrons. The van der Waals surface area contributed by atoms with Crippen molar-refractivity contribution in [2.24, 2.45) is 0 Å². The van der Waals surface area contributed by atoms with Crippen LogP contribution in [0.25, 0.3) is 11.0 Å². The molecule has 0 fully saturated rings. The number of fused-ring (bicyclic) bond motifs is 1. The maximum Gasteiger partial charge on any atom is 0.336 e. The normalized spacial score (nSPS) is 10.8. The lowest BCUT2D eigenvalue weighted by atomic mass is 10.1. The highest BCUT2D eigenvalue weighted by atomic mass is 35.5. The summed E-state index contributed by atoms with van der Waals surface area (Å²) in [5.41, 5.74) is 2.49. The first-order chi connectivity index (χ1) is 11.5. The third-order valence-electron chi connectivity index (χ3n) is 3.74. The van der Waals surface area contributed by atoms with Gasteiger partial charge in [-0.2, -0.15) is 0 Å². The number of benzene rings is 2. The van der Waals surface area contributed by atoms with Crippen LogP contribution < -0.4 is 15.7 Å². The van der Waals surface area contributed by atoms with E-state index in [1.54, 1.807) is 37.4 Å². The number of methoxy groups -OCH3 is 1. The van der Waals surface area contributed by atoms with Gasteiger partial charge in [0.05, 0.1) is 12.8 Å². The molecule has 0 radical (unpaired) electrons. The molecular formula is C18H15Cl2NO3. The summed E-state index contributed by atoms with van der Waals surface area (Å²) in [7, 11) is 1.59. The number of ether oxygens (including phenoxy) is 1. The van der Waals surface area contributed by atoms with Gasteiger partial charge in [0.25, 0.3) is 0 Å². The van der Waals surface area contributed by atoms with Gasteiger partial charge in [-0.25, -0.2) is 4.79 Å². The van der Waals surface area contributed by atoms with E-state index in [2.05, 4.69) is 5.32 Å². The largest absolute Gasteiger partial charge is 0.495 e. The Bertz CT molecular complexity index is 966. The Morgan fingerprint density at radius 2 is 1.96 bits per heavy atom. The van der Waals surface area contributed by atoms with Crippen LogP contribution in [0.15, 0.2) is 45.6 Å². The van der Waals surface area contributed by atoms with Crippen LogP contribution in [0.5, 0.6) is 5.75 Å². The first-order valence-electron chi connectivity index (χ1n) is 7.28. The number of hydrogen-bond donors (Lipinski definition) is 1. The van der Waals surface area contributed by atoms with Gasteiger partial charge in [-0.05, 0) is 48.4 Å². The highest BCUT2D eigenvalue weighted by Gasteiger charge is 2.10. The molecule has 24 heavy (non-hydrogen) atoms. The van der Waals surface area contributed by atoms with Gasteiger partial charge in [-0.1, -0.05) is 23.2 Å². The minimum absolute atomic E-state index is 0.401. The fourth-order valence-electron chi connectivity index (χ4n) is 2.50. The molecule has 2 aromatic carbocycles. The monoisotopic (exact) mass is 363 g/mol. The fourth-order valence-corrected chi connectivity index (χ4v) is 2.84. The SMILES string of the molecule is COc1ccc(Cl)cc1NCc1cc(=O)oc2cc(C)c(Cl)cc12. The molecule has 0 aliphatic rings. The second-order valence-corrected chi connectivity index (χ2v) is 6.23. The van der Waals surface area contributed by atoms with Gasteiger partial charge in [-0.15, -0.1) is 0 Å². The summed E-state index contributed by atoms with van der Waals surface area (Å²) in [6.45, 7) is 2.27. The predicted molar refractivity (Wildman–Crippen MR) is 97.6 cm³/mol. The second-order valence-electron chi connectivity index (χ2n) is 5.39.